The summed E-state index contributed by atoms with van der Waals surface area (Å²) in [6.45, 7) is 1.62. The average Bonchev–Trinajstić information content (AvgIpc) is 2.64. The minimum absolute atomic E-state index is 0.532. The van der Waals surface area contributed by atoms with Gasteiger partial charge >= 0.3 is 0 Å². The van der Waals surface area contributed by atoms with Crippen molar-refractivity contribution in [2.45, 2.75) is 0 Å². The van der Waals surface area contributed by atoms with Crippen LogP contribution < -0.4 is 10.6 Å². The molecule has 0 saturated carbocycles. The highest BCUT2D eigenvalue weighted by atomic mass is 35.5. The summed E-state index contributed by atoms with van der Waals surface area (Å²) in [5.74, 6) is 1.21. The van der Waals surface area contributed by atoms with E-state index in [1.54, 1.807) is 12.1 Å². The van der Waals surface area contributed by atoms with Crippen LogP contribution in [0, 0.1) is 0 Å². The zero-order chi connectivity index (χ0) is 19.2. The van der Waals surface area contributed by atoms with Crippen molar-refractivity contribution in [3.8, 4) is 11.3 Å². The van der Waals surface area contributed by atoms with Crippen molar-refractivity contribution in [1.82, 2.24) is 14.9 Å². The monoisotopic (exact) mass is 401 g/mol. The molecule has 3 aromatic rings. The van der Waals surface area contributed by atoms with Gasteiger partial charge in [0.15, 0.2) is 0 Å². The van der Waals surface area contributed by atoms with Crippen LogP contribution in [0.3, 0.4) is 0 Å². The summed E-state index contributed by atoms with van der Waals surface area (Å²) in [4.78, 5) is 11.3. The van der Waals surface area contributed by atoms with E-state index in [0.29, 0.717) is 21.8 Å². The van der Waals surface area contributed by atoms with Gasteiger partial charge in [-0.25, -0.2) is 4.98 Å². The molecule has 1 heterocycles. The Balaban J connectivity index is 1.91. The first-order valence-corrected chi connectivity index (χ1v) is 9.32. The molecule has 27 heavy (non-hydrogen) atoms. The Bertz CT molecular complexity index is 900. The summed E-state index contributed by atoms with van der Waals surface area (Å²) < 4.78 is 0. The lowest BCUT2D eigenvalue weighted by atomic mass is 10.1. The number of aromatic nitrogens is 2. The van der Waals surface area contributed by atoms with E-state index in [2.05, 4.69) is 25.5 Å². The maximum absolute atomic E-state index is 6.28. The van der Waals surface area contributed by atoms with Gasteiger partial charge in [0, 0.05) is 29.7 Å². The molecule has 0 bridgehead atoms. The summed E-state index contributed by atoms with van der Waals surface area (Å²) in [6, 6.07) is 17.2. The molecule has 0 unspecified atom stereocenters. The first-order valence-electron chi connectivity index (χ1n) is 8.56. The molecule has 0 spiro atoms. The molecule has 0 aliphatic carbocycles. The molecule has 1 aromatic heterocycles. The third-order valence-corrected chi connectivity index (χ3v) is 4.38. The van der Waals surface area contributed by atoms with Crippen molar-refractivity contribution in [3.63, 3.8) is 0 Å². The second-order valence-corrected chi connectivity index (χ2v) is 7.15. The summed E-state index contributed by atoms with van der Waals surface area (Å²) in [5.41, 5.74) is 2.57. The Hall–Kier alpha value is -2.34. The molecular weight excluding hydrogens is 381 g/mol. The van der Waals surface area contributed by atoms with Crippen LogP contribution >= 0.6 is 23.2 Å². The van der Waals surface area contributed by atoms with Gasteiger partial charge in [0.2, 0.25) is 5.95 Å². The van der Waals surface area contributed by atoms with Gasteiger partial charge in [0.25, 0.3) is 0 Å². The molecule has 2 N–H and O–H groups in total. The fraction of sp³-hybridized carbons (Fsp3) is 0.200. The van der Waals surface area contributed by atoms with Crippen LogP contribution in [0.4, 0.5) is 17.5 Å². The zero-order valence-corrected chi connectivity index (χ0v) is 16.7. The van der Waals surface area contributed by atoms with Gasteiger partial charge in [-0.05, 0) is 32.3 Å². The van der Waals surface area contributed by atoms with E-state index >= 15 is 0 Å². The van der Waals surface area contributed by atoms with Crippen LogP contribution in [-0.2, 0) is 0 Å². The first kappa shape index (κ1) is 19.4. The standard InChI is InChI=1S/C20H21Cl2N5/c1-27(2)11-10-23-20-25-18(14-6-4-3-5-7-14)13-19(26-20)24-17-9-8-15(21)12-16(17)22/h3-9,12-13H,10-11H2,1-2H3,(H2,23,24,25,26). The van der Waals surface area contributed by atoms with Crippen molar-refractivity contribution >= 4 is 40.7 Å². The third-order valence-electron chi connectivity index (χ3n) is 3.83. The SMILES string of the molecule is CN(C)CCNc1nc(Nc2ccc(Cl)cc2Cl)cc(-c2ccccc2)n1. The topological polar surface area (TPSA) is 53.1 Å². The van der Waals surface area contributed by atoms with E-state index in [9.17, 15) is 0 Å². The van der Waals surface area contributed by atoms with Gasteiger partial charge in [0.1, 0.15) is 5.82 Å². The highest BCUT2D eigenvalue weighted by molar-refractivity contribution is 6.36. The van der Waals surface area contributed by atoms with Gasteiger partial charge < -0.3 is 15.5 Å². The van der Waals surface area contributed by atoms with Crippen molar-refractivity contribution in [2.75, 3.05) is 37.8 Å². The largest absolute Gasteiger partial charge is 0.353 e. The smallest absolute Gasteiger partial charge is 0.225 e. The van der Waals surface area contributed by atoms with Gasteiger partial charge in [-0.2, -0.15) is 4.98 Å². The maximum atomic E-state index is 6.28. The number of nitrogens with zero attached hydrogens (tertiary/aromatic N) is 3. The van der Waals surface area contributed by atoms with Crippen LogP contribution in [0.2, 0.25) is 10.0 Å². The summed E-state index contributed by atoms with van der Waals surface area (Å²) in [7, 11) is 4.05. The van der Waals surface area contributed by atoms with E-state index in [1.165, 1.54) is 0 Å². The fourth-order valence-electron chi connectivity index (χ4n) is 2.47. The van der Waals surface area contributed by atoms with Gasteiger partial charge in [0.05, 0.1) is 16.4 Å². The molecule has 2 aromatic carbocycles. The molecule has 0 fully saturated rings. The van der Waals surface area contributed by atoms with Crippen molar-refractivity contribution < 1.29 is 0 Å². The molecule has 0 amide bonds. The van der Waals surface area contributed by atoms with Gasteiger partial charge in [-0.15, -0.1) is 0 Å². The summed E-state index contributed by atoms with van der Waals surface area (Å²) in [5, 5.41) is 7.65. The summed E-state index contributed by atoms with van der Waals surface area (Å²) >= 11 is 12.3. The first-order chi connectivity index (χ1) is 13.0. The fourth-order valence-corrected chi connectivity index (χ4v) is 2.92. The summed E-state index contributed by atoms with van der Waals surface area (Å²) in [6.07, 6.45) is 0. The lowest BCUT2D eigenvalue weighted by Crippen LogP contribution is -2.21. The molecular formula is C20H21Cl2N5. The number of hydrogen-bond donors (Lipinski definition) is 2. The predicted octanol–water partition coefficient (Wildman–Crippen LogP) is 5.17. The highest BCUT2D eigenvalue weighted by Crippen LogP contribution is 2.29. The molecule has 3 rings (SSSR count). The molecule has 0 saturated heterocycles. The molecule has 0 aliphatic heterocycles. The lowest BCUT2D eigenvalue weighted by molar-refractivity contribution is 0.425. The van der Waals surface area contributed by atoms with Crippen molar-refractivity contribution in [2.24, 2.45) is 0 Å². The maximum Gasteiger partial charge on any atom is 0.225 e. The lowest BCUT2D eigenvalue weighted by Gasteiger charge is -2.14. The average molecular weight is 402 g/mol. The second kappa shape index (κ2) is 9.04. The van der Waals surface area contributed by atoms with Crippen LogP contribution in [0.1, 0.15) is 0 Å². The van der Waals surface area contributed by atoms with Crippen molar-refractivity contribution in [3.05, 3.63) is 64.6 Å². The van der Waals surface area contributed by atoms with Crippen LogP contribution in [0.25, 0.3) is 11.3 Å². The van der Waals surface area contributed by atoms with Crippen LogP contribution in [-0.4, -0.2) is 42.1 Å². The molecule has 140 valence electrons. The van der Waals surface area contributed by atoms with Crippen molar-refractivity contribution in [1.29, 1.82) is 0 Å². The Morgan fingerprint density at radius 3 is 2.44 bits per heavy atom. The number of nitrogens with one attached hydrogen (secondary N) is 2. The molecule has 7 heteroatoms. The molecule has 0 radical (unpaired) electrons. The quantitative estimate of drug-likeness (QED) is 0.571. The minimum atomic E-state index is 0.532. The number of benzene rings is 2. The zero-order valence-electron chi connectivity index (χ0n) is 15.2. The Labute approximate surface area is 169 Å². The van der Waals surface area contributed by atoms with E-state index in [0.717, 1.165) is 30.0 Å². The number of rotatable bonds is 7. The normalized spacial score (nSPS) is 10.9. The van der Waals surface area contributed by atoms with E-state index in [-0.39, 0.29) is 0 Å². The Morgan fingerprint density at radius 2 is 1.74 bits per heavy atom. The van der Waals surface area contributed by atoms with E-state index < -0.39 is 0 Å². The Morgan fingerprint density at radius 1 is 0.963 bits per heavy atom. The minimum Gasteiger partial charge on any atom is -0.353 e. The van der Waals surface area contributed by atoms with Gasteiger partial charge in [-0.3, -0.25) is 0 Å². The third kappa shape index (κ3) is 5.57. The van der Waals surface area contributed by atoms with Crippen LogP contribution in [0.15, 0.2) is 54.6 Å². The number of likely N-dealkylation sites (N-methyl/N-ethyl adjacent to an activating group) is 1. The van der Waals surface area contributed by atoms with E-state index in [4.69, 9.17) is 23.2 Å². The molecule has 0 aliphatic rings. The number of anilines is 3. The predicted molar refractivity (Wildman–Crippen MR) is 114 cm³/mol. The van der Waals surface area contributed by atoms with E-state index in [1.807, 2.05) is 56.6 Å². The number of halogens is 2. The second-order valence-electron chi connectivity index (χ2n) is 6.31. The van der Waals surface area contributed by atoms with Gasteiger partial charge in [-0.1, -0.05) is 53.5 Å². The number of hydrogen-bond acceptors (Lipinski definition) is 5. The van der Waals surface area contributed by atoms with Crippen LogP contribution in [0.5, 0.6) is 0 Å². The Kier molecular flexibility index (Phi) is 6.50. The highest BCUT2D eigenvalue weighted by Gasteiger charge is 2.09. The molecule has 5 nitrogen and oxygen atoms in total. The molecule has 0 atom stereocenters.